The van der Waals surface area contributed by atoms with E-state index in [1.54, 1.807) is 5.32 Å². The zero-order valence-electron chi connectivity index (χ0n) is 5.85. The summed E-state index contributed by atoms with van der Waals surface area (Å²) in [6, 6.07) is -1.60. The van der Waals surface area contributed by atoms with Crippen LogP contribution >= 0.6 is 0 Å². The summed E-state index contributed by atoms with van der Waals surface area (Å²) in [5.41, 5.74) is 0. The highest BCUT2D eigenvalue weighted by molar-refractivity contribution is 5.84. The molecular formula is C5H7NO6. The number of rotatable bonds is 4. The van der Waals surface area contributed by atoms with Crippen LogP contribution in [0.3, 0.4) is 0 Å². The van der Waals surface area contributed by atoms with Crippen molar-refractivity contribution in [2.75, 3.05) is 0 Å². The second kappa shape index (κ2) is 4.16. The standard InChI is InChI=1S/C5H7NO6/c7-3(8)1-2(4(9)10)6-5(11)12/h2,6H,1H2,(H,7,8)(H,9,10)(H,11,12)/t2-/m0/s1. The molecule has 0 aliphatic rings. The Labute approximate surface area is 66.6 Å². The van der Waals surface area contributed by atoms with Crippen molar-refractivity contribution in [2.45, 2.75) is 12.5 Å². The summed E-state index contributed by atoms with van der Waals surface area (Å²) in [6.45, 7) is 0. The Bertz CT molecular complexity index is 196. The number of nitrogens with one attached hydrogen (secondary N) is 1. The van der Waals surface area contributed by atoms with Gasteiger partial charge in [-0.2, -0.15) is 0 Å². The molecular weight excluding hydrogens is 170 g/mol. The number of hydrogen-bond acceptors (Lipinski definition) is 3. The maximum absolute atomic E-state index is 10.2. The van der Waals surface area contributed by atoms with Crippen molar-refractivity contribution in [3.8, 4) is 0 Å². The maximum atomic E-state index is 10.2. The topological polar surface area (TPSA) is 124 Å². The Hall–Kier alpha value is -1.79. The molecule has 0 bridgehead atoms. The quantitative estimate of drug-likeness (QED) is 0.444. The molecule has 0 saturated carbocycles. The Morgan fingerprint density at radius 1 is 1.17 bits per heavy atom. The minimum absolute atomic E-state index is 0.776. The highest BCUT2D eigenvalue weighted by Crippen LogP contribution is 1.91. The van der Waals surface area contributed by atoms with E-state index in [4.69, 9.17) is 15.3 Å². The predicted octanol–water partition coefficient (Wildman–Crippen LogP) is -0.818. The molecule has 1 atom stereocenters. The van der Waals surface area contributed by atoms with Crippen molar-refractivity contribution in [1.29, 1.82) is 0 Å². The molecule has 0 radical (unpaired) electrons. The number of hydrogen-bond donors (Lipinski definition) is 4. The van der Waals surface area contributed by atoms with Gasteiger partial charge in [0.15, 0.2) is 0 Å². The molecule has 4 N–H and O–H groups in total. The van der Waals surface area contributed by atoms with E-state index in [1.807, 2.05) is 0 Å². The first-order valence-electron chi connectivity index (χ1n) is 2.87. The second-order valence-corrected chi connectivity index (χ2v) is 1.94. The third-order valence-electron chi connectivity index (χ3n) is 0.975. The molecule has 0 aromatic rings. The number of carbonyl (C=O) groups is 3. The molecule has 0 aliphatic carbocycles. The zero-order chi connectivity index (χ0) is 9.72. The van der Waals surface area contributed by atoms with Gasteiger partial charge in [-0.15, -0.1) is 0 Å². The molecule has 0 unspecified atom stereocenters. The Morgan fingerprint density at radius 3 is 1.92 bits per heavy atom. The molecule has 0 rings (SSSR count). The van der Waals surface area contributed by atoms with E-state index in [1.165, 1.54) is 0 Å². The van der Waals surface area contributed by atoms with E-state index in [9.17, 15) is 14.4 Å². The fourth-order valence-corrected chi connectivity index (χ4v) is 0.524. The van der Waals surface area contributed by atoms with Crippen molar-refractivity contribution >= 4 is 18.0 Å². The summed E-state index contributed by atoms with van der Waals surface area (Å²) in [7, 11) is 0. The minimum atomic E-state index is -1.60. The van der Waals surface area contributed by atoms with E-state index in [0.29, 0.717) is 0 Å². The van der Waals surface area contributed by atoms with Crippen LogP contribution in [0.25, 0.3) is 0 Å². The molecule has 0 aromatic heterocycles. The van der Waals surface area contributed by atoms with E-state index < -0.39 is 30.5 Å². The minimum Gasteiger partial charge on any atom is -0.481 e. The SMILES string of the molecule is O=C(O)C[C@H](NC(=O)O)C(=O)O. The van der Waals surface area contributed by atoms with Crippen molar-refractivity contribution in [2.24, 2.45) is 0 Å². The highest BCUT2D eigenvalue weighted by Gasteiger charge is 2.22. The lowest BCUT2D eigenvalue weighted by molar-refractivity contribution is -0.145. The van der Waals surface area contributed by atoms with Crippen LogP contribution in [-0.2, 0) is 9.59 Å². The van der Waals surface area contributed by atoms with E-state index in [2.05, 4.69) is 0 Å². The van der Waals surface area contributed by atoms with Crippen LogP contribution in [0.15, 0.2) is 0 Å². The van der Waals surface area contributed by atoms with Crippen molar-refractivity contribution in [1.82, 2.24) is 5.32 Å². The Kier molecular flexibility index (Phi) is 3.54. The van der Waals surface area contributed by atoms with Crippen molar-refractivity contribution < 1.29 is 29.7 Å². The summed E-state index contributed by atoms with van der Waals surface area (Å²) < 4.78 is 0. The summed E-state index contributed by atoms with van der Waals surface area (Å²) in [5.74, 6) is -2.89. The number of carboxylic acids is 2. The third kappa shape index (κ3) is 4.09. The molecule has 0 aliphatic heterocycles. The van der Waals surface area contributed by atoms with Gasteiger partial charge in [0.2, 0.25) is 0 Å². The molecule has 0 aromatic carbocycles. The Morgan fingerprint density at radius 2 is 1.67 bits per heavy atom. The lowest BCUT2D eigenvalue weighted by Crippen LogP contribution is -2.41. The molecule has 7 nitrogen and oxygen atoms in total. The lowest BCUT2D eigenvalue weighted by atomic mass is 10.2. The molecule has 0 heterocycles. The largest absolute Gasteiger partial charge is 0.481 e. The van der Waals surface area contributed by atoms with Gasteiger partial charge in [0.05, 0.1) is 6.42 Å². The van der Waals surface area contributed by atoms with Crippen molar-refractivity contribution in [3.05, 3.63) is 0 Å². The smallest absolute Gasteiger partial charge is 0.405 e. The van der Waals surface area contributed by atoms with Gasteiger partial charge in [0.25, 0.3) is 0 Å². The summed E-state index contributed by atoms with van der Waals surface area (Å²) >= 11 is 0. The van der Waals surface area contributed by atoms with Gasteiger partial charge >= 0.3 is 18.0 Å². The molecule has 0 spiro atoms. The highest BCUT2D eigenvalue weighted by atomic mass is 16.4. The van der Waals surface area contributed by atoms with Crippen LogP contribution in [0.1, 0.15) is 6.42 Å². The fourth-order valence-electron chi connectivity index (χ4n) is 0.524. The van der Waals surface area contributed by atoms with Gasteiger partial charge in [-0.3, -0.25) is 4.79 Å². The van der Waals surface area contributed by atoms with Gasteiger partial charge in [-0.25, -0.2) is 9.59 Å². The molecule has 1 amide bonds. The number of amides is 1. The van der Waals surface area contributed by atoms with Gasteiger partial charge in [-0.1, -0.05) is 0 Å². The van der Waals surface area contributed by atoms with Crippen LogP contribution in [-0.4, -0.2) is 39.4 Å². The Balaban J connectivity index is 4.14. The predicted molar refractivity (Wildman–Crippen MR) is 34.8 cm³/mol. The number of carboxylic acid groups (broad SMARTS) is 3. The summed E-state index contributed by atoms with van der Waals surface area (Å²) in [5, 5.41) is 26.1. The van der Waals surface area contributed by atoms with Crippen LogP contribution in [0.5, 0.6) is 0 Å². The number of aliphatic carboxylic acids is 2. The second-order valence-electron chi connectivity index (χ2n) is 1.94. The van der Waals surface area contributed by atoms with Gasteiger partial charge in [-0.05, 0) is 0 Å². The molecule has 12 heavy (non-hydrogen) atoms. The first-order chi connectivity index (χ1) is 5.43. The van der Waals surface area contributed by atoms with Gasteiger partial charge in [0.1, 0.15) is 6.04 Å². The van der Waals surface area contributed by atoms with Gasteiger partial charge in [0, 0.05) is 0 Å². The molecule has 0 saturated heterocycles. The zero-order valence-corrected chi connectivity index (χ0v) is 5.85. The third-order valence-corrected chi connectivity index (χ3v) is 0.975. The first kappa shape index (κ1) is 10.2. The summed E-state index contributed by atoms with van der Waals surface area (Å²) in [6.07, 6.45) is -2.34. The van der Waals surface area contributed by atoms with E-state index >= 15 is 0 Å². The molecule has 68 valence electrons. The van der Waals surface area contributed by atoms with E-state index in [0.717, 1.165) is 0 Å². The van der Waals surface area contributed by atoms with Gasteiger partial charge < -0.3 is 20.6 Å². The monoisotopic (exact) mass is 177 g/mol. The average molecular weight is 177 g/mol. The van der Waals surface area contributed by atoms with Crippen molar-refractivity contribution in [3.63, 3.8) is 0 Å². The average Bonchev–Trinajstić information content (AvgIpc) is 1.83. The fraction of sp³-hybridized carbons (Fsp3) is 0.400. The van der Waals surface area contributed by atoms with Crippen LogP contribution < -0.4 is 5.32 Å². The normalized spacial score (nSPS) is 11.7. The first-order valence-corrected chi connectivity index (χ1v) is 2.87. The van der Waals surface area contributed by atoms with Crippen LogP contribution in [0.2, 0.25) is 0 Å². The molecule has 7 heteroatoms. The van der Waals surface area contributed by atoms with Crippen LogP contribution in [0.4, 0.5) is 4.79 Å². The van der Waals surface area contributed by atoms with Crippen LogP contribution in [0, 0.1) is 0 Å². The maximum Gasteiger partial charge on any atom is 0.405 e. The summed E-state index contributed by atoms with van der Waals surface area (Å²) in [4.78, 5) is 30.1. The van der Waals surface area contributed by atoms with E-state index in [-0.39, 0.29) is 0 Å². The molecule has 0 fully saturated rings. The lowest BCUT2D eigenvalue weighted by Gasteiger charge is -2.08.